The minimum absolute atomic E-state index is 0.0883. The van der Waals surface area contributed by atoms with Gasteiger partial charge in [-0.05, 0) is 54.8 Å². The largest absolute Gasteiger partial charge is 0.494 e. The summed E-state index contributed by atoms with van der Waals surface area (Å²) in [7, 11) is 0. The summed E-state index contributed by atoms with van der Waals surface area (Å²) in [6.45, 7) is 7.01. The predicted molar refractivity (Wildman–Crippen MR) is 114 cm³/mol. The second-order valence-electron chi connectivity index (χ2n) is 7.46. The molecule has 0 saturated carbocycles. The number of hydrogen-bond donors (Lipinski definition) is 0. The molecule has 1 fully saturated rings. The van der Waals surface area contributed by atoms with Crippen molar-refractivity contribution in [2.75, 3.05) is 32.8 Å². The summed E-state index contributed by atoms with van der Waals surface area (Å²) in [5.41, 5.74) is 2.60. The van der Waals surface area contributed by atoms with Crippen molar-refractivity contribution < 1.29 is 9.53 Å². The number of hydrogen-bond acceptors (Lipinski definition) is 4. The molecule has 0 atom stereocenters. The average molecular weight is 392 g/mol. The van der Waals surface area contributed by atoms with Crippen molar-refractivity contribution in [3.63, 3.8) is 0 Å². The first kappa shape index (κ1) is 20.9. The molecule has 0 aromatic heterocycles. The van der Waals surface area contributed by atoms with E-state index in [1.807, 2.05) is 53.4 Å². The van der Waals surface area contributed by atoms with Gasteiger partial charge < -0.3 is 9.64 Å². The summed E-state index contributed by atoms with van der Waals surface area (Å²) >= 11 is 0. The molecule has 0 spiro atoms. The molecule has 1 aliphatic heterocycles. The summed E-state index contributed by atoms with van der Waals surface area (Å²) in [6, 6.07) is 17.4. The minimum Gasteiger partial charge on any atom is -0.494 e. The third-order valence-electron chi connectivity index (χ3n) is 5.23. The van der Waals surface area contributed by atoms with Crippen LogP contribution in [0.25, 0.3) is 0 Å². The third kappa shape index (κ3) is 6.07. The first-order valence-electron chi connectivity index (χ1n) is 10.4. The first-order valence-corrected chi connectivity index (χ1v) is 10.4. The molecule has 1 aliphatic rings. The van der Waals surface area contributed by atoms with E-state index in [1.54, 1.807) is 0 Å². The fraction of sp³-hybridized carbons (Fsp3) is 0.417. The third-order valence-corrected chi connectivity index (χ3v) is 5.23. The summed E-state index contributed by atoms with van der Waals surface area (Å²) in [4.78, 5) is 17.2. The molecule has 5 heteroatoms. The molecule has 3 rings (SSSR count). The van der Waals surface area contributed by atoms with Gasteiger partial charge in [0.1, 0.15) is 5.75 Å². The van der Waals surface area contributed by atoms with Crippen molar-refractivity contribution >= 4 is 5.91 Å². The van der Waals surface area contributed by atoms with Gasteiger partial charge in [0.15, 0.2) is 0 Å². The van der Waals surface area contributed by atoms with Crippen LogP contribution in [-0.2, 0) is 6.54 Å². The molecule has 1 saturated heterocycles. The number of ether oxygens (including phenoxy) is 1. The predicted octanol–water partition coefficient (Wildman–Crippen LogP) is 4.09. The molecular weight excluding hydrogens is 362 g/mol. The van der Waals surface area contributed by atoms with Crippen LogP contribution in [0.15, 0.2) is 48.5 Å². The second-order valence-corrected chi connectivity index (χ2v) is 7.46. The maximum Gasteiger partial charge on any atom is 0.253 e. The van der Waals surface area contributed by atoms with Crippen molar-refractivity contribution in [2.45, 2.75) is 32.7 Å². The number of benzene rings is 2. The highest BCUT2D eigenvalue weighted by molar-refractivity contribution is 5.94. The van der Waals surface area contributed by atoms with E-state index in [2.05, 4.69) is 17.9 Å². The van der Waals surface area contributed by atoms with Crippen molar-refractivity contribution in [1.29, 1.82) is 5.26 Å². The Hall–Kier alpha value is -2.84. The number of nitriles is 1. The highest BCUT2D eigenvalue weighted by atomic mass is 16.5. The molecule has 0 radical (unpaired) electrons. The van der Waals surface area contributed by atoms with Crippen LogP contribution < -0.4 is 4.74 Å². The first-order chi connectivity index (χ1) is 14.2. The van der Waals surface area contributed by atoms with Crippen LogP contribution in [0.4, 0.5) is 0 Å². The van der Waals surface area contributed by atoms with Gasteiger partial charge in [0.2, 0.25) is 0 Å². The van der Waals surface area contributed by atoms with Gasteiger partial charge in [-0.25, -0.2) is 0 Å². The lowest BCUT2D eigenvalue weighted by atomic mass is 10.1. The summed E-state index contributed by atoms with van der Waals surface area (Å²) in [5, 5.41) is 8.92. The lowest BCUT2D eigenvalue weighted by molar-refractivity contribution is 0.0761. The Morgan fingerprint density at radius 3 is 2.48 bits per heavy atom. The van der Waals surface area contributed by atoms with Crippen molar-refractivity contribution in [3.05, 3.63) is 65.2 Å². The second kappa shape index (κ2) is 10.6. The molecule has 0 unspecified atom stereocenters. The van der Waals surface area contributed by atoms with Crippen molar-refractivity contribution in [2.24, 2.45) is 0 Å². The van der Waals surface area contributed by atoms with Crippen molar-refractivity contribution in [3.8, 4) is 11.8 Å². The molecule has 152 valence electrons. The topological polar surface area (TPSA) is 56.6 Å². The van der Waals surface area contributed by atoms with Crippen LogP contribution in [0.5, 0.6) is 5.75 Å². The van der Waals surface area contributed by atoms with Gasteiger partial charge in [0.25, 0.3) is 5.91 Å². The highest BCUT2D eigenvalue weighted by Crippen LogP contribution is 2.16. The Morgan fingerprint density at radius 1 is 1.03 bits per heavy atom. The molecule has 2 aromatic carbocycles. The molecule has 5 nitrogen and oxygen atoms in total. The summed E-state index contributed by atoms with van der Waals surface area (Å²) in [5.74, 6) is 0.907. The average Bonchev–Trinajstić information content (AvgIpc) is 3.00. The molecule has 1 heterocycles. The molecule has 0 bridgehead atoms. The van der Waals surface area contributed by atoms with E-state index in [4.69, 9.17) is 10.00 Å². The Morgan fingerprint density at radius 2 is 1.79 bits per heavy atom. The zero-order valence-corrected chi connectivity index (χ0v) is 17.1. The normalized spacial score (nSPS) is 14.8. The maximum atomic E-state index is 12.9. The van der Waals surface area contributed by atoms with E-state index in [0.717, 1.165) is 57.7 Å². The maximum absolute atomic E-state index is 12.9. The molecule has 0 aliphatic carbocycles. The van der Waals surface area contributed by atoms with Crippen LogP contribution in [0.2, 0.25) is 0 Å². The fourth-order valence-corrected chi connectivity index (χ4v) is 3.49. The van der Waals surface area contributed by atoms with Crippen LogP contribution >= 0.6 is 0 Å². The van der Waals surface area contributed by atoms with E-state index in [9.17, 15) is 4.79 Å². The van der Waals surface area contributed by atoms with Crippen LogP contribution in [0.1, 0.15) is 47.7 Å². The summed E-state index contributed by atoms with van der Waals surface area (Å²) in [6.07, 6.45) is 3.10. The Kier molecular flexibility index (Phi) is 7.66. The lowest BCUT2D eigenvalue weighted by Crippen LogP contribution is -2.35. The SMILES string of the molecule is CCCCOc1ccc(C(=O)N2CCCN(Cc3ccc(C#N)cc3)CC2)cc1. The zero-order chi connectivity index (χ0) is 20.5. The Balaban J connectivity index is 1.52. The zero-order valence-electron chi connectivity index (χ0n) is 17.1. The Labute approximate surface area is 173 Å². The monoisotopic (exact) mass is 391 g/mol. The molecule has 2 aromatic rings. The molecule has 29 heavy (non-hydrogen) atoms. The van der Waals surface area contributed by atoms with Gasteiger partial charge in [-0.1, -0.05) is 25.5 Å². The molecule has 1 amide bonds. The van der Waals surface area contributed by atoms with E-state index >= 15 is 0 Å². The van der Waals surface area contributed by atoms with Gasteiger partial charge in [0, 0.05) is 38.3 Å². The van der Waals surface area contributed by atoms with Gasteiger partial charge >= 0.3 is 0 Å². The van der Waals surface area contributed by atoms with Crippen LogP contribution in [0.3, 0.4) is 0 Å². The van der Waals surface area contributed by atoms with E-state index < -0.39 is 0 Å². The van der Waals surface area contributed by atoms with Crippen LogP contribution in [0, 0.1) is 11.3 Å². The quantitative estimate of drug-likeness (QED) is 0.667. The van der Waals surface area contributed by atoms with E-state index in [1.165, 1.54) is 5.56 Å². The van der Waals surface area contributed by atoms with Crippen LogP contribution in [-0.4, -0.2) is 48.5 Å². The highest BCUT2D eigenvalue weighted by Gasteiger charge is 2.20. The number of unbranched alkanes of at least 4 members (excludes halogenated alkanes) is 1. The standard InChI is InChI=1S/C24H29N3O2/c1-2-3-17-29-23-11-9-22(10-12-23)24(28)27-14-4-13-26(15-16-27)19-21-7-5-20(18-25)6-8-21/h5-12H,2-4,13-17,19H2,1H3. The lowest BCUT2D eigenvalue weighted by Gasteiger charge is -2.22. The van der Waals surface area contributed by atoms with Crippen molar-refractivity contribution in [1.82, 2.24) is 9.80 Å². The number of carbonyl (C=O) groups excluding carboxylic acids is 1. The number of rotatable bonds is 7. The van der Waals surface area contributed by atoms with E-state index in [0.29, 0.717) is 17.7 Å². The number of nitrogens with zero attached hydrogens (tertiary/aromatic N) is 3. The minimum atomic E-state index is 0.0883. The van der Waals surface area contributed by atoms with Gasteiger partial charge in [0.05, 0.1) is 18.2 Å². The smallest absolute Gasteiger partial charge is 0.253 e. The number of amides is 1. The Bertz CT molecular complexity index is 825. The van der Waals surface area contributed by atoms with Gasteiger partial charge in [-0.3, -0.25) is 9.69 Å². The fourth-order valence-electron chi connectivity index (χ4n) is 3.49. The van der Waals surface area contributed by atoms with Gasteiger partial charge in [-0.2, -0.15) is 5.26 Å². The van der Waals surface area contributed by atoms with E-state index in [-0.39, 0.29) is 5.91 Å². The molecule has 0 N–H and O–H groups in total. The molecular formula is C24H29N3O2. The summed E-state index contributed by atoms with van der Waals surface area (Å²) < 4.78 is 5.68. The van der Waals surface area contributed by atoms with Gasteiger partial charge in [-0.15, -0.1) is 0 Å². The number of carbonyl (C=O) groups is 1.